The Bertz CT molecular complexity index is 1060. The summed E-state index contributed by atoms with van der Waals surface area (Å²) in [4.78, 5) is 36.3. The van der Waals surface area contributed by atoms with E-state index in [1.807, 2.05) is 0 Å². The number of carbonyl (C=O) groups excluding carboxylic acids is 2. The number of aromatic nitrogens is 4. The molecule has 0 spiro atoms. The highest BCUT2D eigenvalue weighted by Crippen LogP contribution is 2.16. The Labute approximate surface area is 158 Å². The van der Waals surface area contributed by atoms with Crippen LogP contribution >= 0.6 is 11.6 Å². The Hall–Kier alpha value is -3.46. The molecule has 0 fully saturated rings. The Morgan fingerprint density at radius 2 is 1.89 bits per heavy atom. The minimum absolute atomic E-state index is 0.273. The van der Waals surface area contributed by atoms with Gasteiger partial charge in [-0.05, 0) is 40.8 Å². The summed E-state index contributed by atoms with van der Waals surface area (Å²) in [6.07, 6.45) is 0. The summed E-state index contributed by atoms with van der Waals surface area (Å²) in [5.41, 5.74) is 0.594. The zero-order valence-corrected chi connectivity index (χ0v) is 15.0. The second kappa shape index (κ2) is 7.83. The molecule has 0 unspecified atom stereocenters. The number of halogens is 1. The summed E-state index contributed by atoms with van der Waals surface area (Å²) < 4.78 is 1.93. The smallest absolute Gasteiger partial charge is 0.355 e. The predicted octanol–water partition coefficient (Wildman–Crippen LogP) is 1.08. The van der Waals surface area contributed by atoms with Crippen LogP contribution in [-0.4, -0.2) is 38.7 Å². The molecule has 10 heteroatoms. The number of hydrogen-bond acceptors (Lipinski definition) is 5. The van der Waals surface area contributed by atoms with Crippen molar-refractivity contribution >= 4 is 29.1 Å². The summed E-state index contributed by atoms with van der Waals surface area (Å²) in [7, 11) is 1.52. The van der Waals surface area contributed by atoms with Gasteiger partial charge in [0.15, 0.2) is 0 Å². The molecule has 2 amide bonds. The van der Waals surface area contributed by atoms with E-state index in [1.165, 1.54) is 13.1 Å². The van der Waals surface area contributed by atoms with Gasteiger partial charge >= 0.3 is 5.69 Å². The molecule has 0 aliphatic carbocycles. The van der Waals surface area contributed by atoms with Gasteiger partial charge in [-0.15, -0.1) is 0 Å². The fourth-order valence-electron chi connectivity index (χ4n) is 2.37. The molecule has 0 saturated heterocycles. The average Bonchev–Trinajstić information content (AvgIpc) is 3.02. The average molecular weight is 387 g/mol. The standard InChI is InChI=1S/C17H15ClN6O3/c1-19-16(26)11-5-4-6-12(9-11)20-15(25)10-23-17(27)24(22-21-23)14-8-3-2-7-13(14)18/h2-9H,10H2,1H3,(H,19,26)(H,20,25). The van der Waals surface area contributed by atoms with Crippen LogP contribution in [0.5, 0.6) is 0 Å². The van der Waals surface area contributed by atoms with Gasteiger partial charge in [0, 0.05) is 18.3 Å². The maximum Gasteiger partial charge on any atom is 0.369 e. The van der Waals surface area contributed by atoms with Gasteiger partial charge in [0.25, 0.3) is 5.91 Å². The fraction of sp³-hybridized carbons (Fsp3) is 0.118. The third-order valence-electron chi connectivity index (χ3n) is 3.65. The highest BCUT2D eigenvalue weighted by atomic mass is 35.5. The highest BCUT2D eigenvalue weighted by Gasteiger charge is 2.14. The quantitative estimate of drug-likeness (QED) is 0.681. The molecule has 0 radical (unpaired) electrons. The molecule has 3 aromatic rings. The van der Waals surface area contributed by atoms with E-state index in [0.717, 1.165) is 9.36 Å². The van der Waals surface area contributed by atoms with Crippen LogP contribution in [-0.2, 0) is 11.3 Å². The summed E-state index contributed by atoms with van der Waals surface area (Å²) >= 11 is 6.06. The minimum Gasteiger partial charge on any atom is -0.355 e. The number of carbonyl (C=O) groups is 2. The normalized spacial score (nSPS) is 10.4. The summed E-state index contributed by atoms with van der Waals surface area (Å²) in [6, 6.07) is 13.1. The lowest BCUT2D eigenvalue weighted by atomic mass is 10.2. The first-order valence-corrected chi connectivity index (χ1v) is 8.27. The number of rotatable bonds is 5. The molecule has 0 aliphatic rings. The fourth-order valence-corrected chi connectivity index (χ4v) is 2.58. The largest absolute Gasteiger partial charge is 0.369 e. The van der Waals surface area contributed by atoms with E-state index in [4.69, 9.17) is 11.6 Å². The van der Waals surface area contributed by atoms with Crippen LogP contribution in [0.4, 0.5) is 5.69 Å². The number of amides is 2. The number of para-hydroxylation sites is 1. The second-order valence-corrected chi connectivity index (χ2v) is 5.90. The topological polar surface area (TPSA) is 111 Å². The first-order chi connectivity index (χ1) is 13.0. The van der Waals surface area contributed by atoms with Gasteiger partial charge < -0.3 is 10.6 Å². The second-order valence-electron chi connectivity index (χ2n) is 5.49. The maximum absolute atomic E-state index is 12.4. The number of benzene rings is 2. The minimum atomic E-state index is -0.600. The molecule has 9 nitrogen and oxygen atoms in total. The molecule has 2 N–H and O–H groups in total. The van der Waals surface area contributed by atoms with Crippen molar-refractivity contribution in [1.82, 2.24) is 25.1 Å². The number of nitrogens with one attached hydrogen (secondary N) is 2. The van der Waals surface area contributed by atoms with Crippen molar-refractivity contribution < 1.29 is 9.59 Å². The van der Waals surface area contributed by atoms with E-state index >= 15 is 0 Å². The van der Waals surface area contributed by atoms with E-state index in [2.05, 4.69) is 21.1 Å². The first kappa shape index (κ1) is 18.3. The molecular formula is C17H15ClN6O3. The molecule has 0 atom stereocenters. The third kappa shape index (κ3) is 4.04. The Morgan fingerprint density at radius 3 is 2.63 bits per heavy atom. The van der Waals surface area contributed by atoms with Gasteiger partial charge in [-0.3, -0.25) is 9.59 Å². The van der Waals surface area contributed by atoms with Gasteiger partial charge in [0.05, 0.1) is 10.7 Å². The molecule has 1 heterocycles. The summed E-state index contributed by atoms with van der Waals surface area (Å²) in [5, 5.41) is 12.9. The van der Waals surface area contributed by atoms with Crippen LogP contribution in [0.3, 0.4) is 0 Å². The van der Waals surface area contributed by atoms with Crippen molar-refractivity contribution in [3.8, 4) is 5.69 Å². The number of anilines is 1. The van der Waals surface area contributed by atoms with Crippen LogP contribution in [0.2, 0.25) is 5.02 Å². The lowest BCUT2D eigenvalue weighted by Gasteiger charge is -2.06. The third-order valence-corrected chi connectivity index (χ3v) is 3.97. The van der Waals surface area contributed by atoms with E-state index < -0.39 is 11.6 Å². The van der Waals surface area contributed by atoms with Gasteiger partial charge in [-0.25, -0.2) is 4.79 Å². The lowest BCUT2D eigenvalue weighted by molar-refractivity contribution is -0.117. The first-order valence-electron chi connectivity index (χ1n) is 7.89. The summed E-state index contributed by atoms with van der Waals surface area (Å²) in [5.74, 6) is -0.762. The van der Waals surface area contributed by atoms with Gasteiger partial charge in [0.1, 0.15) is 6.54 Å². The van der Waals surface area contributed by atoms with E-state index in [1.54, 1.807) is 42.5 Å². The van der Waals surface area contributed by atoms with Crippen molar-refractivity contribution in [2.45, 2.75) is 6.54 Å². The van der Waals surface area contributed by atoms with Crippen LogP contribution in [0.15, 0.2) is 53.3 Å². The lowest BCUT2D eigenvalue weighted by Crippen LogP contribution is -2.29. The van der Waals surface area contributed by atoms with E-state index in [0.29, 0.717) is 22.0 Å². The molecule has 1 aromatic heterocycles. The van der Waals surface area contributed by atoms with Crippen LogP contribution in [0.25, 0.3) is 5.69 Å². The van der Waals surface area contributed by atoms with Crippen LogP contribution < -0.4 is 16.3 Å². The van der Waals surface area contributed by atoms with Gasteiger partial charge in [0.2, 0.25) is 5.91 Å². The van der Waals surface area contributed by atoms with E-state index in [9.17, 15) is 14.4 Å². The molecule has 0 saturated carbocycles. The number of tetrazole rings is 1. The van der Waals surface area contributed by atoms with Crippen molar-refractivity contribution in [2.24, 2.45) is 0 Å². The molecule has 138 valence electrons. The molecular weight excluding hydrogens is 372 g/mol. The molecule has 0 bridgehead atoms. The SMILES string of the molecule is CNC(=O)c1cccc(NC(=O)Cn2nnn(-c3ccccc3Cl)c2=O)c1. The number of hydrogen-bond donors (Lipinski definition) is 2. The molecule has 27 heavy (non-hydrogen) atoms. The monoisotopic (exact) mass is 386 g/mol. The van der Waals surface area contributed by atoms with E-state index in [-0.39, 0.29) is 12.5 Å². The molecule has 2 aromatic carbocycles. The Kier molecular flexibility index (Phi) is 5.32. The van der Waals surface area contributed by atoms with Crippen molar-refractivity contribution in [2.75, 3.05) is 12.4 Å². The zero-order valence-electron chi connectivity index (χ0n) is 14.2. The van der Waals surface area contributed by atoms with Gasteiger partial charge in [-0.2, -0.15) is 9.36 Å². The van der Waals surface area contributed by atoms with Crippen LogP contribution in [0.1, 0.15) is 10.4 Å². The van der Waals surface area contributed by atoms with Crippen LogP contribution in [0, 0.1) is 0 Å². The molecule has 3 rings (SSSR count). The maximum atomic E-state index is 12.4. The molecule has 0 aliphatic heterocycles. The van der Waals surface area contributed by atoms with Crippen molar-refractivity contribution in [3.05, 3.63) is 69.6 Å². The number of nitrogens with zero attached hydrogens (tertiary/aromatic N) is 4. The van der Waals surface area contributed by atoms with Gasteiger partial charge in [-0.1, -0.05) is 29.8 Å². The van der Waals surface area contributed by atoms with Crippen molar-refractivity contribution in [1.29, 1.82) is 0 Å². The Balaban J connectivity index is 1.75. The zero-order chi connectivity index (χ0) is 19.4. The highest BCUT2D eigenvalue weighted by molar-refractivity contribution is 6.32. The summed E-state index contributed by atoms with van der Waals surface area (Å²) in [6.45, 7) is -0.340. The Morgan fingerprint density at radius 1 is 1.11 bits per heavy atom. The predicted molar refractivity (Wildman–Crippen MR) is 99.1 cm³/mol. The van der Waals surface area contributed by atoms with Crippen molar-refractivity contribution in [3.63, 3.8) is 0 Å².